The second kappa shape index (κ2) is 9.54. The van der Waals surface area contributed by atoms with Crippen molar-refractivity contribution in [1.29, 1.82) is 0 Å². The van der Waals surface area contributed by atoms with Gasteiger partial charge < -0.3 is 20.0 Å². The fourth-order valence-electron chi connectivity index (χ4n) is 3.61. The smallest absolute Gasteiger partial charge is 0.298 e. The lowest BCUT2D eigenvalue weighted by molar-refractivity contribution is -0.114. The molecule has 176 valence electrons. The topological polar surface area (TPSA) is 125 Å². The van der Waals surface area contributed by atoms with Gasteiger partial charge in [-0.2, -0.15) is 9.29 Å². The summed E-state index contributed by atoms with van der Waals surface area (Å²) in [5.74, 6) is 1.83. The number of nitrogens with zero attached hydrogens (tertiary/aromatic N) is 3. The lowest BCUT2D eigenvalue weighted by Crippen LogP contribution is -2.48. The summed E-state index contributed by atoms with van der Waals surface area (Å²) >= 11 is 0. The van der Waals surface area contributed by atoms with Gasteiger partial charge in [-0.1, -0.05) is 5.92 Å². The number of rotatable bonds is 6. The number of hydrogen-bond donors (Lipinski definition) is 2. The van der Waals surface area contributed by atoms with Crippen LogP contribution in [0.15, 0.2) is 51.8 Å². The summed E-state index contributed by atoms with van der Waals surface area (Å²) in [6.07, 6.45) is 5.17. The van der Waals surface area contributed by atoms with Crippen LogP contribution in [0.1, 0.15) is 17.3 Å². The molecule has 1 aliphatic heterocycles. The first-order chi connectivity index (χ1) is 16.3. The number of benzene rings is 2. The standard InChI is InChI=1S/C23H23N5O5S/c1-3-10-24-22(30)17-4-9-21-20(15-17)26-23(33-21)27-11-13-28(14-12-27)34(31,32)19-7-5-18(6-8-19)25-16(2)29/h1,4-9,15H,10-14H2,2H3,(H,24,30)(H,25,29). The minimum Gasteiger partial charge on any atom is -0.423 e. The molecule has 0 unspecified atom stereocenters. The monoisotopic (exact) mass is 481 g/mol. The van der Waals surface area contributed by atoms with Gasteiger partial charge in [0.1, 0.15) is 5.52 Å². The zero-order valence-electron chi connectivity index (χ0n) is 18.4. The van der Waals surface area contributed by atoms with Gasteiger partial charge in [0.15, 0.2) is 5.58 Å². The molecular weight excluding hydrogens is 458 g/mol. The van der Waals surface area contributed by atoms with Crippen LogP contribution in [0.3, 0.4) is 0 Å². The van der Waals surface area contributed by atoms with E-state index < -0.39 is 10.0 Å². The summed E-state index contributed by atoms with van der Waals surface area (Å²) in [4.78, 5) is 29.8. The first-order valence-electron chi connectivity index (χ1n) is 10.5. The van der Waals surface area contributed by atoms with Crippen molar-refractivity contribution >= 4 is 44.6 Å². The minimum atomic E-state index is -3.68. The molecule has 0 spiro atoms. The van der Waals surface area contributed by atoms with E-state index in [0.717, 1.165) is 0 Å². The molecular formula is C23H23N5O5S. The van der Waals surface area contributed by atoms with Gasteiger partial charge in [0.25, 0.3) is 11.9 Å². The summed E-state index contributed by atoms with van der Waals surface area (Å²) in [7, 11) is -3.68. The zero-order chi connectivity index (χ0) is 24.3. The number of terminal acetylenes is 1. The molecule has 4 rings (SSSR count). The molecule has 10 nitrogen and oxygen atoms in total. The maximum absolute atomic E-state index is 13.0. The summed E-state index contributed by atoms with van der Waals surface area (Å²) in [6, 6.07) is 11.4. The molecule has 2 N–H and O–H groups in total. The number of sulfonamides is 1. The summed E-state index contributed by atoms with van der Waals surface area (Å²) in [5, 5.41) is 5.22. The highest BCUT2D eigenvalue weighted by Gasteiger charge is 2.30. The number of nitrogens with one attached hydrogen (secondary N) is 2. The van der Waals surface area contributed by atoms with Crippen LogP contribution in [-0.4, -0.2) is 62.2 Å². The average molecular weight is 482 g/mol. The van der Waals surface area contributed by atoms with Crippen molar-refractivity contribution in [1.82, 2.24) is 14.6 Å². The van der Waals surface area contributed by atoms with E-state index in [9.17, 15) is 18.0 Å². The molecule has 11 heteroatoms. The van der Waals surface area contributed by atoms with Crippen LogP contribution in [0.5, 0.6) is 0 Å². The lowest BCUT2D eigenvalue weighted by Gasteiger charge is -2.33. The average Bonchev–Trinajstić information content (AvgIpc) is 3.26. The van der Waals surface area contributed by atoms with E-state index >= 15 is 0 Å². The molecule has 34 heavy (non-hydrogen) atoms. The number of piperazine rings is 1. The van der Waals surface area contributed by atoms with Crippen LogP contribution in [-0.2, 0) is 14.8 Å². The normalized spacial score (nSPS) is 14.5. The number of fused-ring (bicyclic) bond motifs is 1. The van der Waals surface area contributed by atoms with E-state index in [1.165, 1.54) is 23.4 Å². The molecule has 3 aromatic rings. The Morgan fingerprint density at radius 1 is 1.12 bits per heavy atom. The molecule has 1 fully saturated rings. The van der Waals surface area contributed by atoms with E-state index in [-0.39, 0.29) is 36.3 Å². The number of oxazole rings is 1. The van der Waals surface area contributed by atoms with Gasteiger partial charge >= 0.3 is 0 Å². The second-order valence-electron chi connectivity index (χ2n) is 7.66. The third kappa shape index (κ3) is 4.88. The Balaban J connectivity index is 1.43. The van der Waals surface area contributed by atoms with Gasteiger partial charge in [-0.3, -0.25) is 9.59 Å². The van der Waals surface area contributed by atoms with Gasteiger partial charge in [-0.25, -0.2) is 8.42 Å². The molecule has 0 radical (unpaired) electrons. The highest BCUT2D eigenvalue weighted by atomic mass is 32.2. The van der Waals surface area contributed by atoms with Gasteiger partial charge in [-0.05, 0) is 42.5 Å². The van der Waals surface area contributed by atoms with Gasteiger partial charge in [0.05, 0.1) is 11.4 Å². The molecule has 2 heterocycles. The first kappa shape index (κ1) is 23.3. The lowest BCUT2D eigenvalue weighted by atomic mass is 10.2. The van der Waals surface area contributed by atoms with E-state index in [2.05, 4.69) is 21.5 Å². The van der Waals surface area contributed by atoms with Crippen LogP contribution in [0, 0.1) is 12.3 Å². The van der Waals surface area contributed by atoms with Crippen LogP contribution < -0.4 is 15.5 Å². The predicted octanol–water partition coefficient (Wildman–Crippen LogP) is 1.66. The maximum atomic E-state index is 13.0. The van der Waals surface area contributed by atoms with Crippen molar-refractivity contribution in [2.75, 3.05) is 42.9 Å². The highest BCUT2D eigenvalue weighted by molar-refractivity contribution is 7.89. The van der Waals surface area contributed by atoms with Crippen LogP contribution >= 0.6 is 0 Å². The Labute approximate surface area is 197 Å². The third-order valence-electron chi connectivity index (χ3n) is 5.31. The Morgan fingerprint density at radius 2 is 1.82 bits per heavy atom. The molecule has 0 bridgehead atoms. The summed E-state index contributed by atoms with van der Waals surface area (Å²) in [6.45, 7) is 2.82. The minimum absolute atomic E-state index is 0.133. The number of aromatic nitrogens is 1. The number of amides is 2. The van der Waals surface area contributed by atoms with Crippen molar-refractivity contribution in [2.45, 2.75) is 11.8 Å². The Bertz CT molecular complexity index is 1370. The fraction of sp³-hybridized carbons (Fsp3) is 0.261. The quantitative estimate of drug-likeness (QED) is 0.513. The van der Waals surface area contributed by atoms with E-state index in [0.29, 0.717) is 41.5 Å². The molecule has 1 aromatic heterocycles. The van der Waals surface area contributed by atoms with Crippen molar-refractivity contribution < 1.29 is 22.4 Å². The molecule has 0 saturated carbocycles. The summed E-state index contributed by atoms with van der Waals surface area (Å²) < 4.78 is 33.3. The highest BCUT2D eigenvalue weighted by Crippen LogP contribution is 2.26. The van der Waals surface area contributed by atoms with Gasteiger partial charge in [0, 0.05) is 44.4 Å². The van der Waals surface area contributed by atoms with Gasteiger partial charge in [0.2, 0.25) is 15.9 Å². The Hall–Kier alpha value is -3.88. The van der Waals surface area contributed by atoms with Crippen LogP contribution in [0.2, 0.25) is 0 Å². The Kier molecular flexibility index (Phi) is 6.54. The van der Waals surface area contributed by atoms with E-state index in [1.807, 2.05) is 4.90 Å². The maximum Gasteiger partial charge on any atom is 0.298 e. The van der Waals surface area contributed by atoms with Crippen molar-refractivity contribution in [3.05, 3.63) is 48.0 Å². The SMILES string of the molecule is C#CCNC(=O)c1ccc2oc(N3CCN(S(=O)(=O)c4ccc(NC(C)=O)cc4)CC3)nc2c1. The first-order valence-corrected chi connectivity index (χ1v) is 12.0. The molecule has 0 atom stereocenters. The Morgan fingerprint density at radius 3 is 2.47 bits per heavy atom. The van der Waals surface area contributed by atoms with Crippen LogP contribution in [0.4, 0.5) is 11.7 Å². The molecule has 0 aliphatic carbocycles. The van der Waals surface area contributed by atoms with E-state index in [4.69, 9.17) is 10.8 Å². The largest absolute Gasteiger partial charge is 0.423 e. The van der Waals surface area contributed by atoms with Gasteiger partial charge in [-0.15, -0.1) is 6.42 Å². The predicted molar refractivity (Wildman–Crippen MR) is 127 cm³/mol. The summed E-state index contributed by atoms with van der Waals surface area (Å²) in [5.41, 5.74) is 2.00. The van der Waals surface area contributed by atoms with Crippen molar-refractivity contribution in [3.8, 4) is 12.3 Å². The zero-order valence-corrected chi connectivity index (χ0v) is 19.3. The molecule has 1 saturated heterocycles. The number of carbonyl (C=O) groups is 2. The number of anilines is 2. The number of carbonyl (C=O) groups excluding carboxylic acids is 2. The third-order valence-corrected chi connectivity index (χ3v) is 7.22. The fourth-order valence-corrected chi connectivity index (χ4v) is 5.03. The van der Waals surface area contributed by atoms with Crippen molar-refractivity contribution in [3.63, 3.8) is 0 Å². The number of hydrogen-bond acceptors (Lipinski definition) is 7. The van der Waals surface area contributed by atoms with Crippen LogP contribution in [0.25, 0.3) is 11.1 Å². The molecule has 1 aliphatic rings. The second-order valence-corrected chi connectivity index (χ2v) is 9.60. The molecule has 2 amide bonds. The van der Waals surface area contributed by atoms with Crippen molar-refractivity contribution in [2.24, 2.45) is 0 Å². The van der Waals surface area contributed by atoms with E-state index in [1.54, 1.807) is 30.3 Å². The molecule has 2 aromatic carbocycles.